The van der Waals surface area contributed by atoms with Gasteiger partial charge in [0.25, 0.3) is 0 Å². The monoisotopic (exact) mass is 456 g/mol. The molecule has 0 unspecified atom stereocenters. The van der Waals surface area contributed by atoms with Crippen molar-refractivity contribution in [2.45, 2.75) is 117 Å². The highest BCUT2D eigenvalue weighted by molar-refractivity contribution is 5.89. The SMILES string of the molecule is CCCC(CC)(CC)NC(=O)[C@H]1CC[C@H]2[C@@H]3CC[C@H]4N(CC)C(=O)C=C[C@]4(C)[C@H]3CC[C@]12C. The molecule has 3 saturated carbocycles. The molecule has 0 spiro atoms. The normalized spacial score (nSPS) is 40.2. The van der Waals surface area contributed by atoms with Crippen LogP contribution < -0.4 is 5.32 Å². The van der Waals surface area contributed by atoms with Gasteiger partial charge in [0.1, 0.15) is 0 Å². The molecule has 4 heteroatoms. The van der Waals surface area contributed by atoms with Crippen LogP contribution in [0.25, 0.3) is 0 Å². The molecule has 3 fully saturated rings. The smallest absolute Gasteiger partial charge is 0.246 e. The summed E-state index contributed by atoms with van der Waals surface area (Å²) in [6.07, 6.45) is 15.2. The van der Waals surface area contributed by atoms with Gasteiger partial charge in [-0.15, -0.1) is 0 Å². The molecule has 2 amide bonds. The van der Waals surface area contributed by atoms with E-state index in [4.69, 9.17) is 0 Å². The van der Waals surface area contributed by atoms with Gasteiger partial charge in [0, 0.05) is 29.5 Å². The Kier molecular flexibility index (Phi) is 6.79. The van der Waals surface area contributed by atoms with Gasteiger partial charge < -0.3 is 10.2 Å². The average molecular weight is 457 g/mol. The number of nitrogens with one attached hydrogen (secondary N) is 1. The van der Waals surface area contributed by atoms with Crippen molar-refractivity contribution in [2.24, 2.45) is 34.5 Å². The lowest BCUT2D eigenvalue weighted by molar-refractivity contribution is -0.144. The number of rotatable bonds is 7. The zero-order valence-corrected chi connectivity index (χ0v) is 22.1. The Hall–Kier alpha value is -1.32. The first kappa shape index (κ1) is 24.8. The van der Waals surface area contributed by atoms with Crippen molar-refractivity contribution in [3.05, 3.63) is 12.2 Å². The molecule has 0 saturated heterocycles. The van der Waals surface area contributed by atoms with Gasteiger partial charge in [-0.05, 0) is 94.0 Å². The van der Waals surface area contributed by atoms with Crippen molar-refractivity contribution in [3.63, 3.8) is 0 Å². The van der Waals surface area contributed by atoms with Crippen molar-refractivity contribution in [2.75, 3.05) is 6.54 Å². The number of fused-ring (bicyclic) bond motifs is 5. The van der Waals surface area contributed by atoms with E-state index in [1.165, 1.54) is 19.3 Å². The largest absolute Gasteiger partial charge is 0.350 e. The molecule has 186 valence electrons. The van der Waals surface area contributed by atoms with E-state index in [2.05, 4.69) is 57.8 Å². The van der Waals surface area contributed by atoms with E-state index in [1.807, 2.05) is 6.08 Å². The Bertz CT molecular complexity index is 786. The third-order valence-corrected chi connectivity index (χ3v) is 11.1. The second-order valence-corrected chi connectivity index (χ2v) is 12.2. The van der Waals surface area contributed by atoms with Gasteiger partial charge in [0.15, 0.2) is 0 Å². The fourth-order valence-corrected chi connectivity index (χ4v) is 9.07. The minimum absolute atomic E-state index is 0.0357. The lowest BCUT2D eigenvalue weighted by Gasteiger charge is -2.60. The zero-order valence-electron chi connectivity index (χ0n) is 22.1. The van der Waals surface area contributed by atoms with Crippen LogP contribution in [0.1, 0.15) is 106 Å². The fraction of sp³-hybridized carbons (Fsp3) is 0.862. The Morgan fingerprint density at radius 2 is 1.79 bits per heavy atom. The summed E-state index contributed by atoms with van der Waals surface area (Å²) in [4.78, 5) is 28.4. The van der Waals surface area contributed by atoms with Gasteiger partial charge in [-0.3, -0.25) is 9.59 Å². The Morgan fingerprint density at radius 3 is 2.42 bits per heavy atom. The van der Waals surface area contributed by atoms with Crippen molar-refractivity contribution in [1.82, 2.24) is 10.2 Å². The van der Waals surface area contributed by atoms with E-state index in [0.29, 0.717) is 29.7 Å². The third kappa shape index (κ3) is 3.78. The molecule has 4 rings (SSSR count). The Morgan fingerprint density at radius 1 is 1.06 bits per heavy atom. The van der Waals surface area contributed by atoms with Crippen molar-refractivity contribution in [3.8, 4) is 0 Å². The summed E-state index contributed by atoms with van der Waals surface area (Å²) in [5, 5.41) is 3.58. The van der Waals surface area contributed by atoms with Crippen LogP contribution in [0.15, 0.2) is 12.2 Å². The zero-order chi connectivity index (χ0) is 24.0. The molecular formula is C29H48N2O2. The predicted octanol–water partition coefficient (Wildman–Crippen LogP) is 6.11. The van der Waals surface area contributed by atoms with E-state index < -0.39 is 0 Å². The maximum atomic E-state index is 13.7. The fourth-order valence-electron chi connectivity index (χ4n) is 9.07. The standard InChI is InChI=1S/C29H48N2O2/c1-7-17-29(8-2,9-3)30-26(33)23-13-12-21-20-11-14-24-28(6,19-16-25(32)31(24)10-4)22(20)15-18-27(21,23)5/h16,19-24H,7-15,17-18H2,1-6H3,(H,30,33)/t20-,21-,22-,23+,24+,27-,28+/m0/s1. The molecule has 4 aliphatic rings. The molecule has 0 bridgehead atoms. The number of hydrogen-bond donors (Lipinski definition) is 1. The molecule has 1 aliphatic heterocycles. The average Bonchev–Trinajstić information content (AvgIpc) is 3.16. The Labute approximate surface area is 202 Å². The molecule has 7 atom stereocenters. The van der Waals surface area contributed by atoms with Crippen molar-refractivity contribution in [1.29, 1.82) is 0 Å². The summed E-state index contributed by atoms with van der Waals surface area (Å²) in [6, 6.07) is 0.342. The van der Waals surface area contributed by atoms with Crippen LogP contribution in [0, 0.1) is 34.5 Å². The van der Waals surface area contributed by atoms with Crippen LogP contribution >= 0.6 is 0 Å². The molecule has 3 aliphatic carbocycles. The van der Waals surface area contributed by atoms with E-state index >= 15 is 0 Å². The predicted molar refractivity (Wildman–Crippen MR) is 135 cm³/mol. The van der Waals surface area contributed by atoms with Gasteiger partial charge >= 0.3 is 0 Å². The minimum Gasteiger partial charge on any atom is -0.350 e. The molecule has 1 N–H and O–H groups in total. The summed E-state index contributed by atoms with van der Waals surface area (Å²) < 4.78 is 0. The molecule has 33 heavy (non-hydrogen) atoms. The van der Waals surface area contributed by atoms with Crippen molar-refractivity contribution < 1.29 is 9.59 Å². The van der Waals surface area contributed by atoms with Crippen LogP contribution in [-0.4, -0.2) is 34.8 Å². The van der Waals surface area contributed by atoms with Crippen molar-refractivity contribution >= 4 is 11.8 Å². The minimum atomic E-state index is -0.0357. The highest BCUT2D eigenvalue weighted by Crippen LogP contribution is 2.65. The van der Waals surface area contributed by atoms with E-state index in [0.717, 1.165) is 51.5 Å². The third-order valence-electron chi connectivity index (χ3n) is 11.1. The highest BCUT2D eigenvalue weighted by atomic mass is 16.2. The quantitative estimate of drug-likeness (QED) is 0.503. The molecule has 0 radical (unpaired) electrons. The highest BCUT2D eigenvalue weighted by Gasteiger charge is 2.61. The molecule has 0 aromatic rings. The molecule has 1 heterocycles. The lowest BCUT2D eigenvalue weighted by Crippen LogP contribution is -2.61. The van der Waals surface area contributed by atoms with Crippen LogP contribution in [0.5, 0.6) is 0 Å². The molecular weight excluding hydrogens is 408 g/mol. The summed E-state index contributed by atoms with van der Waals surface area (Å²) in [7, 11) is 0. The maximum absolute atomic E-state index is 13.7. The number of carbonyl (C=O) groups excluding carboxylic acids is 2. The summed E-state index contributed by atoms with van der Waals surface area (Å²) in [5.74, 6) is 2.61. The number of nitrogens with zero attached hydrogens (tertiary/aromatic N) is 1. The van der Waals surface area contributed by atoms with Gasteiger partial charge in [-0.1, -0.05) is 47.1 Å². The number of amides is 2. The first-order valence-corrected chi connectivity index (χ1v) is 14.0. The second kappa shape index (κ2) is 9.04. The second-order valence-electron chi connectivity index (χ2n) is 12.2. The summed E-state index contributed by atoms with van der Waals surface area (Å²) in [6.45, 7) is 14.5. The van der Waals surface area contributed by atoms with Crippen LogP contribution in [0.2, 0.25) is 0 Å². The Balaban J connectivity index is 1.55. The molecule has 0 aromatic heterocycles. The van der Waals surface area contributed by atoms with Gasteiger partial charge in [-0.2, -0.15) is 0 Å². The number of carbonyl (C=O) groups is 2. The first-order chi connectivity index (χ1) is 15.7. The van der Waals surface area contributed by atoms with Crippen LogP contribution in [0.3, 0.4) is 0 Å². The van der Waals surface area contributed by atoms with Crippen LogP contribution in [-0.2, 0) is 9.59 Å². The van der Waals surface area contributed by atoms with E-state index in [-0.39, 0.29) is 28.2 Å². The topological polar surface area (TPSA) is 49.4 Å². The summed E-state index contributed by atoms with van der Waals surface area (Å²) >= 11 is 0. The van der Waals surface area contributed by atoms with E-state index in [9.17, 15) is 9.59 Å². The number of hydrogen-bond acceptors (Lipinski definition) is 2. The number of likely N-dealkylation sites (N-methyl/N-ethyl adjacent to an activating group) is 1. The van der Waals surface area contributed by atoms with Gasteiger partial charge in [-0.25, -0.2) is 0 Å². The molecule has 0 aromatic carbocycles. The summed E-state index contributed by atoms with van der Waals surface area (Å²) in [5.41, 5.74) is 0.161. The molecule has 4 nitrogen and oxygen atoms in total. The first-order valence-electron chi connectivity index (χ1n) is 14.0. The van der Waals surface area contributed by atoms with Gasteiger partial charge in [0.2, 0.25) is 11.8 Å². The maximum Gasteiger partial charge on any atom is 0.246 e. The van der Waals surface area contributed by atoms with Gasteiger partial charge in [0.05, 0.1) is 0 Å². The van der Waals surface area contributed by atoms with Crippen LogP contribution in [0.4, 0.5) is 0 Å². The van der Waals surface area contributed by atoms with E-state index in [1.54, 1.807) is 0 Å². The lowest BCUT2D eigenvalue weighted by atomic mass is 9.47.